The van der Waals surface area contributed by atoms with E-state index in [4.69, 9.17) is 5.11 Å². The van der Waals surface area contributed by atoms with Crippen molar-refractivity contribution in [1.29, 1.82) is 0 Å². The third-order valence-electron chi connectivity index (χ3n) is 3.40. The van der Waals surface area contributed by atoms with Crippen molar-refractivity contribution in [3.63, 3.8) is 0 Å². The third-order valence-corrected chi connectivity index (χ3v) is 3.40. The van der Waals surface area contributed by atoms with Crippen LogP contribution in [0.5, 0.6) is 0 Å². The molecule has 106 valence electrons. The van der Waals surface area contributed by atoms with E-state index in [0.29, 0.717) is 27.8 Å². The summed E-state index contributed by atoms with van der Waals surface area (Å²) in [6, 6.07) is 11.8. The lowest BCUT2D eigenvalue weighted by molar-refractivity contribution is -0.135. The Bertz CT molecular complexity index is 881. The van der Waals surface area contributed by atoms with Crippen LogP contribution in [0.15, 0.2) is 42.5 Å². The van der Waals surface area contributed by atoms with Gasteiger partial charge in [0, 0.05) is 16.7 Å². The van der Waals surface area contributed by atoms with E-state index in [0.717, 1.165) is 0 Å². The van der Waals surface area contributed by atoms with Gasteiger partial charge in [0.25, 0.3) is 0 Å². The van der Waals surface area contributed by atoms with Crippen molar-refractivity contribution in [2.75, 3.05) is 0 Å². The van der Waals surface area contributed by atoms with E-state index in [1.165, 1.54) is 0 Å². The number of fused-ring (bicyclic) bond motifs is 3. The molecule has 1 N–H and O–H groups in total. The fourth-order valence-corrected chi connectivity index (χ4v) is 2.43. The standard InChI is InChI=1S/C18H10O4/c19-16(20)7-3-4-11-8-9-14-15(10-11)12-5-1-2-6-13(12)17(21)18(14)22/h1-2,5-6,8-10H,7H2,(H,19,20). The monoisotopic (exact) mass is 290 g/mol. The van der Waals surface area contributed by atoms with E-state index in [2.05, 4.69) is 11.8 Å². The van der Waals surface area contributed by atoms with Crippen LogP contribution in [0.3, 0.4) is 0 Å². The Labute approximate surface area is 126 Å². The second-order valence-electron chi connectivity index (χ2n) is 4.84. The van der Waals surface area contributed by atoms with Crippen LogP contribution in [0.2, 0.25) is 0 Å². The second kappa shape index (κ2) is 5.30. The summed E-state index contributed by atoms with van der Waals surface area (Å²) in [7, 11) is 0. The molecule has 4 heteroatoms. The number of aliphatic carboxylic acids is 1. The summed E-state index contributed by atoms with van der Waals surface area (Å²) in [4.78, 5) is 34.7. The zero-order chi connectivity index (χ0) is 15.7. The highest BCUT2D eigenvalue weighted by Crippen LogP contribution is 2.33. The molecule has 0 unspecified atom stereocenters. The number of hydrogen-bond acceptors (Lipinski definition) is 3. The molecule has 0 radical (unpaired) electrons. The van der Waals surface area contributed by atoms with Gasteiger partial charge in [-0.3, -0.25) is 14.4 Å². The Kier molecular flexibility index (Phi) is 3.32. The minimum absolute atomic E-state index is 0.245. The van der Waals surface area contributed by atoms with Gasteiger partial charge in [-0.1, -0.05) is 36.1 Å². The molecule has 0 amide bonds. The number of hydrogen-bond donors (Lipinski definition) is 1. The van der Waals surface area contributed by atoms with Gasteiger partial charge in [0.05, 0.1) is 0 Å². The van der Waals surface area contributed by atoms with Crippen molar-refractivity contribution in [2.45, 2.75) is 6.42 Å². The number of Topliss-reactive ketones (excluding diaryl/α,β-unsaturated/α-hetero) is 2. The molecule has 3 rings (SSSR count). The average molecular weight is 290 g/mol. The smallest absolute Gasteiger partial charge is 0.315 e. The molecule has 0 fully saturated rings. The van der Waals surface area contributed by atoms with Gasteiger partial charge in [0.2, 0.25) is 11.6 Å². The first kappa shape index (κ1) is 13.8. The van der Waals surface area contributed by atoms with Gasteiger partial charge in [0.1, 0.15) is 6.42 Å². The number of carbonyl (C=O) groups excluding carboxylic acids is 2. The molecular weight excluding hydrogens is 280 g/mol. The van der Waals surface area contributed by atoms with Crippen molar-refractivity contribution in [3.05, 3.63) is 59.2 Å². The average Bonchev–Trinajstić information content (AvgIpc) is 2.52. The molecule has 0 atom stereocenters. The number of rotatable bonds is 1. The van der Waals surface area contributed by atoms with E-state index in [1.807, 2.05) is 0 Å². The molecule has 0 saturated heterocycles. The Balaban J connectivity index is 2.12. The van der Waals surface area contributed by atoms with Crippen LogP contribution in [0.25, 0.3) is 11.1 Å². The van der Waals surface area contributed by atoms with Crippen LogP contribution in [0.4, 0.5) is 0 Å². The van der Waals surface area contributed by atoms with Gasteiger partial charge in [-0.05, 0) is 29.3 Å². The van der Waals surface area contributed by atoms with Gasteiger partial charge >= 0.3 is 5.97 Å². The number of ketones is 2. The van der Waals surface area contributed by atoms with E-state index >= 15 is 0 Å². The molecule has 1 aliphatic carbocycles. The Morgan fingerprint density at radius 1 is 0.909 bits per heavy atom. The van der Waals surface area contributed by atoms with Crippen molar-refractivity contribution < 1.29 is 19.5 Å². The summed E-state index contributed by atoms with van der Waals surface area (Å²) in [6.45, 7) is 0. The van der Waals surface area contributed by atoms with E-state index in [-0.39, 0.29) is 6.42 Å². The number of benzene rings is 2. The van der Waals surface area contributed by atoms with Gasteiger partial charge in [0.15, 0.2) is 0 Å². The lowest BCUT2D eigenvalue weighted by atomic mass is 9.83. The van der Waals surface area contributed by atoms with Crippen molar-refractivity contribution in [1.82, 2.24) is 0 Å². The number of carbonyl (C=O) groups is 3. The maximum absolute atomic E-state index is 12.1. The third kappa shape index (κ3) is 2.29. The van der Waals surface area contributed by atoms with Gasteiger partial charge < -0.3 is 5.11 Å². The predicted molar refractivity (Wildman–Crippen MR) is 79.7 cm³/mol. The van der Waals surface area contributed by atoms with E-state index in [9.17, 15) is 14.4 Å². The number of carboxylic acids is 1. The molecule has 0 bridgehead atoms. The summed E-state index contributed by atoms with van der Waals surface area (Å²) < 4.78 is 0. The highest BCUT2D eigenvalue weighted by Gasteiger charge is 2.29. The summed E-state index contributed by atoms with van der Waals surface area (Å²) in [5.41, 5.74) is 2.70. The minimum Gasteiger partial charge on any atom is -0.481 e. The highest BCUT2D eigenvalue weighted by atomic mass is 16.4. The number of carboxylic acid groups (broad SMARTS) is 1. The normalized spacial score (nSPS) is 12.0. The van der Waals surface area contributed by atoms with Crippen LogP contribution in [0, 0.1) is 11.8 Å². The van der Waals surface area contributed by atoms with Crippen LogP contribution in [0.1, 0.15) is 32.7 Å². The van der Waals surface area contributed by atoms with Gasteiger partial charge in [-0.15, -0.1) is 0 Å². The molecule has 1 aliphatic rings. The van der Waals surface area contributed by atoms with Crippen LogP contribution in [-0.4, -0.2) is 22.6 Å². The largest absolute Gasteiger partial charge is 0.481 e. The maximum atomic E-state index is 12.1. The Morgan fingerprint density at radius 3 is 2.23 bits per heavy atom. The first-order chi connectivity index (χ1) is 10.6. The van der Waals surface area contributed by atoms with E-state index < -0.39 is 17.5 Å². The van der Waals surface area contributed by atoms with Gasteiger partial charge in [-0.2, -0.15) is 0 Å². The maximum Gasteiger partial charge on any atom is 0.315 e. The highest BCUT2D eigenvalue weighted by molar-refractivity contribution is 6.53. The SMILES string of the molecule is O=C(O)CC#Cc1ccc2c(c1)-c1ccccc1C(=O)C2=O. The fraction of sp³-hybridized carbons (Fsp3) is 0.0556. The molecule has 22 heavy (non-hydrogen) atoms. The summed E-state index contributed by atoms with van der Waals surface area (Å²) in [6.07, 6.45) is -0.245. The van der Waals surface area contributed by atoms with Crippen molar-refractivity contribution in [3.8, 4) is 23.0 Å². The second-order valence-corrected chi connectivity index (χ2v) is 4.84. The lowest BCUT2D eigenvalue weighted by Crippen LogP contribution is -2.21. The first-order valence-corrected chi connectivity index (χ1v) is 6.61. The zero-order valence-electron chi connectivity index (χ0n) is 11.4. The molecule has 0 aliphatic heterocycles. The molecule has 0 saturated carbocycles. The van der Waals surface area contributed by atoms with Crippen LogP contribution < -0.4 is 0 Å². The Hall–Kier alpha value is -3.19. The summed E-state index contributed by atoms with van der Waals surface area (Å²) in [5.74, 6) is 3.28. The molecule has 2 aromatic rings. The molecular formula is C18H10O4. The summed E-state index contributed by atoms with van der Waals surface area (Å²) >= 11 is 0. The quantitative estimate of drug-likeness (QED) is 0.647. The fourth-order valence-electron chi connectivity index (χ4n) is 2.43. The predicted octanol–water partition coefficient (Wildman–Crippen LogP) is 2.56. The molecule has 0 heterocycles. The molecule has 4 nitrogen and oxygen atoms in total. The topological polar surface area (TPSA) is 71.4 Å². The van der Waals surface area contributed by atoms with Crippen LogP contribution in [-0.2, 0) is 4.79 Å². The molecule has 0 aromatic heterocycles. The lowest BCUT2D eigenvalue weighted by Gasteiger charge is -2.17. The first-order valence-electron chi connectivity index (χ1n) is 6.61. The Morgan fingerprint density at radius 2 is 1.55 bits per heavy atom. The molecule has 2 aromatic carbocycles. The molecule has 0 spiro atoms. The van der Waals surface area contributed by atoms with Crippen LogP contribution >= 0.6 is 0 Å². The van der Waals surface area contributed by atoms with Crippen molar-refractivity contribution in [2.24, 2.45) is 0 Å². The van der Waals surface area contributed by atoms with E-state index in [1.54, 1.807) is 42.5 Å². The van der Waals surface area contributed by atoms with Gasteiger partial charge in [-0.25, -0.2) is 0 Å². The van der Waals surface area contributed by atoms with Crippen molar-refractivity contribution >= 4 is 17.5 Å². The zero-order valence-corrected chi connectivity index (χ0v) is 11.4. The summed E-state index contributed by atoms with van der Waals surface area (Å²) in [5, 5.41) is 8.59. The minimum atomic E-state index is -0.989.